The van der Waals surface area contributed by atoms with E-state index in [-0.39, 0.29) is 11.5 Å². The molecule has 0 aromatic carbocycles. The van der Waals surface area contributed by atoms with Gasteiger partial charge >= 0.3 is 6.09 Å². The number of aliphatic hydroxyl groups excluding tert-OH is 1. The minimum absolute atomic E-state index is 0.235. The van der Waals surface area contributed by atoms with E-state index >= 15 is 0 Å². The molecule has 3 aliphatic rings. The van der Waals surface area contributed by atoms with Gasteiger partial charge in [0.15, 0.2) is 0 Å². The van der Waals surface area contributed by atoms with Gasteiger partial charge in [0, 0.05) is 19.2 Å². The molecule has 4 nitrogen and oxygen atoms in total. The molecule has 4 atom stereocenters. The molecule has 4 heteroatoms. The van der Waals surface area contributed by atoms with E-state index in [0.29, 0.717) is 25.0 Å². The first kappa shape index (κ1) is 13.2. The number of aliphatic hydroxyl groups is 1. The number of likely N-dealkylation sites (tertiary alicyclic amines) is 1. The van der Waals surface area contributed by atoms with Crippen LogP contribution in [0.2, 0.25) is 0 Å². The molecule has 0 aromatic rings. The van der Waals surface area contributed by atoms with Crippen molar-refractivity contribution in [1.29, 1.82) is 0 Å². The summed E-state index contributed by atoms with van der Waals surface area (Å²) in [7, 11) is 0. The Bertz CT molecular complexity index is 366. The van der Waals surface area contributed by atoms with Gasteiger partial charge < -0.3 is 15.1 Å². The van der Waals surface area contributed by atoms with Crippen LogP contribution in [0.4, 0.5) is 4.79 Å². The minimum atomic E-state index is -0.737. The predicted molar refractivity (Wildman–Crippen MR) is 71.9 cm³/mol. The number of amides is 1. The highest BCUT2D eigenvalue weighted by atomic mass is 16.4. The zero-order valence-electron chi connectivity index (χ0n) is 11.7. The number of rotatable bonds is 4. The van der Waals surface area contributed by atoms with Crippen LogP contribution in [0.1, 0.15) is 45.4 Å². The molecule has 0 aromatic heterocycles. The van der Waals surface area contributed by atoms with E-state index in [1.165, 1.54) is 19.3 Å². The van der Waals surface area contributed by atoms with Crippen molar-refractivity contribution < 1.29 is 15.0 Å². The molecule has 0 bridgehead atoms. The molecule has 1 aliphatic heterocycles. The van der Waals surface area contributed by atoms with Gasteiger partial charge in [0.25, 0.3) is 0 Å². The Balaban J connectivity index is 1.64. The van der Waals surface area contributed by atoms with Crippen molar-refractivity contribution in [3.63, 3.8) is 0 Å². The first-order valence-electron chi connectivity index (χ1n) is 7.65. The van der Waals surface area contributed by atoms with E-state index < -0.39 is 6.09 Å². The van der Waals surface area contributed by atoms with Gasteiger partial charge in [-0.2, -0.15) is 0 Å². The van der Waals surface area contributed by atoms with Crippen molar-refractivity contribution in [2.24, 2.45) is 23.2 Å². The fraction of sp³-hybridized carbons (Fsp3) is 0.933. The van der Waals surface area contributed by atoms with E-state index in [1.54, 1.807) is 4.90 Å². The molecule has 108 valence electrons. The van der Waals surface area contributed by atoms with E-state index in [9.17, 15) is 9.90 Å². The van der Waals surface area contributed by atoms with Crippen molar-refractivity contribution in [2.45, 2.75) is 51.5 Å². The lowest BCUT2D eigenvalue weighted by Gasteiger charge is -2.41. The summed E-state index contributed by atoms with van der Waals surface area (Å²) in [5.74, 6) is 2.15. The Morgan fingerprint density at radius 1 is 1.37 bits per heavy atom. The molecular formula is C15H25NO3. The molecule has 0 spiro atoms. The predicted octanol–water partition coefficient (Wildman–Crippen LogP) is 2.56. The zero-order valence-corrected chi connectivity index (χ0v) is 11.7. The maximum absolute atomic E-state index is 11.4. The van der Waals surface area contributed by atoms with Crippen LogP contribution < -0.4 is 0 Å². The normalized spacial score (nSPS) is 40.0. The fourth-order valence-corrected chi connectivity index (χ4v) is 4.15. The molecule has 1 amide bonds. The Kier molecular flexibility index (Phi) is 3.24. The van der Waals surface area contributed by atoms with Crippen LogP contribution >= 0.6 is 0 Å². The van der Waals surface area contributed by atoms with Crippen molar-refractivity contribution in [1.82, 2.24) is 4.90 Å². The third-order valence-corrected chi connectivity index (χ3v) is 5.81. The lowest BCUT2D eigenvalue weighted by molar-refractivity contribution is 0.0547. The van der Waals surface area contributed by atoms with Gasteiger partial charge in [0.2, 0.25) is 0 Å². The van der Waals surface area contributed by atoms with Gasteiger partial charge in [-0.05, 0) is 61.7 Å². The Morgan fingerprint density at radius 2 is 2.11 bits per heavy atom. The van der Waals surface area contributed by atoms with Crippen molar-refractivity contribution in [2.75, 3.05) is 13.2 Å². The zero-order chi connectivity index (χ0) is 13.6. The lowest BCUT2D eigenvalue weighted by atomic mass is 9.80. The number of carbonyl (C=O) groups is 1. The molecule has 2 saturated carbocycles. The SMILES string of the molecule is CC1(C2CC([C@H]3C[C@H]3CCO)CCN2C(=O)O)CC1. The maximum atomic E-state index is 11.4. The van der Waals surface area contributed by atoms with Crippen LogP contribution in [-0.2, 0) is 0 Å². The van der Waals surface area contributed by atoms with Crippen LogP contribution in [0.15, 0.2) is 0 Å². The number of piperidine rings is 1. The van der Waals surface area contributed by atoms with E-state index in [1.807, 2.05) is 0 Å². The highest BCUT2D eigenvalue weighted by Crippen LogP contribution is 2.57. The molecule has 2 aliphatic carbocycles. The third-order valence-electron chi connectivity index (χ3n) is 5.81. The summed E-state index contributed by atoms with van der Waals surface area (Å²) in [5, 5.41) is 18.4. The molecule has 3 rings (SSSR count). The van der Waals surface area contributed by atoms with Gasteiger partial charge in [0.1, 0.15) is 0 Å². The Hall–Kier alpha value is -0.770. The molecule has 2 N–H and O–H groups in total. The topological polar surface area (TPSA) is 60.8 Å². The van der Waals surface area contributed by atoms with Gasteiger partial charge in [-0.1, -0.05) is 6.92 Å². The molecule has 1 heterocycles. The first-order chi connectivity index (χ1) is 9.05. The monoisotopic (exact) mass is 267 g/mol. The highest BCUT2D eigenvalue weighted by Gasteiger charge is 2.53. The molecule has 1 saturated heterocycles. The van der Waals surface area contributed by atoms with E-state index in [0.717, 1.165) is 25.2 Å². The second kappa shape index (κ2) is 4.65. The second-order valence-corrected chi connectivity index (χ2v) is 7.10. The molecule has 3 fully saturated rings. The van der Waals surface area contributed by atoms with Gasteiger partial charge in [0.05, 0.1) is 0 Å². The largest absolute Gasteiger partial charge is 0.465 e. The molecular weight excluding hydrogens is 242 g/mol. The molecule has 19 heavy (non-hydrogen) atoms. The first-order valence-corrected chi connectivity index (χ1v) is 7.65. The summed E-state index contributed by atoms with van der Waals surface area (Å²) in [4.78, 5) is 13.1. The summed E-state index contributed by atoms with van der Waals surface area (Å²) in [6.45, 7) is 3.26. The summed E-state index contributed by atoms with van der Waals surface area (Å²) in [6, 6.07) is 0.235. The van der Waals surface area contributed by atoms with Gasteiger partial charge in [-0.15, -0.1) is 0 Å². The maximum Gasteiger partial charge on any atom is 0.407 e. The molecule has 2 unspecified atom stereocenters. The average Bonchev–Trinajstić information content (AvgIpc) is 3.27. The average molecular weight is 267 g/mol. The summed E-state index contributed by atoms with van der Waals surface area (Å²) < 4.78 is 0. The number of nitrogens with zero attached hydrogens (tertiary/aromatic N) is 1. The molecule has 0 radical (unpaired) electrons. The fourth-order valence-electron chi connectivity index (χ4n) is 4.15. The van der Waals surface area contributed by atoms with Crippen molar-refractivity contribution in [3.05, 3.63) is 0 Å². The van der Waals surface area contributed by atoms with Crippen LogP contribution in [0.5, 0.6) is 0 Å². The number of carboxylic acid groups (broad SMARTS) is 1. The summed E-state index contributed by atoms with van der Waals surface area (Å²) in [6.07, 6.45) is 5.88. The van der Waals surface area contributed by atoms with E-state index in [2.05, 4.69) is 6.92 Å². The number of hydrogen-bond acceptors (Lipinski definition) is 2. The van der Waals surface area contributed by atoms with Crippen LogP contribution in [0.3, 0.4) is 0 Å². The third kappa shape index (κ3) is 2.47. The second-order valence-electron chi connectivity index (χ2n) is 7.10. The quantitative estimate of drug-likeness (QED) is 0.823. The standard InChI is InChI=1S/C15H25NO3/c1-15(4-5-15)13-9-10(2-6-16(13)14(18)19)12-8-11(12)3-7-17/h10-13,17H,2-9H2,1H3,(H,18,19)/t10?,11-,12-,13?/m1/s1. The minimum Gasteiger partial charge on any atom is -0.465 e. The van der Waals surface area contributed by atoms with Crippen LogP contribution in [0, 0.1) is 23.2 Å². The van der Waals surface area contributed by atoms with Crippen molar-refractivity contribution in [3.8, 4) is 0 Å². The van der Waals surface area contributed by atoms with Crippen molar-refractivity contribution >= 4 is 6.09 Å². The highest BCUT2D eigenvalue weighted by molar-refractivity contribution is 5.65. The number of hydrogen-bond donors (Lipinski definition) is 2. The van der Waals surface area contributed by atoms with Crippen LogP contribution in [0.25, 0.3) is 0 Å². The smallest absolute Gasteiger partial charge is 0.407 e. The lowest BCUT2D eigenvalue weighted by Crippen LogP contribution is -2.49. The summed E-state index contributed by atoms with van der Waals surface area (Å²) >= 11 is 0. The van der Waals surface area contributed by atoms with E-state index in [4.69, 9.17) is 5.11 Å². The Labute approximate surface area is 114 Å². The van der Waals surface area contributed by atoms with Gasteiger partial charge in [-0.3, -0.25) is 0 Å². The van der Waals surface area contributed by atoms with Gasteiger partial charge in [-0.25, -0.2) is 4.79 Å². The Morgan fingerprint density at radius 3 is 2.68 bits per heavy atom. The van der Waals surface area contributed by atoms with Crippen LogP contribution in [-0.4, -0.2) is 40.4 Å². The summed E-state index contributed by atoms with van der Waals surface area (Å²) in [5.41, 5.74) is 0.248.